The van der Waals surface area contributed by atoms with E-state index in [4.69, 9.17) is 9.05 Å². The van der Waals surface area contributed by atoms with E-state index in [0.717, 1.165) is 38.5 Å². The van der Waals surface area contributed by atoms with Crippen LogP contribution in [0.5, 0.6) is 0 Å². The molecule has 0 bridgehead atoms. The summed E-state index contributed by atoms with van der Waals surface area (Å²) in [5.74, 6) is -0.261. The third-order valence-corrected chi connectivity index (χ3v) is 10.2. The summed E-state index contributed by atoms with van der Waals surface area (Å²) in [6, 6.07) is -0.900. The number of allylic oxidation sites excluding steroid dienone is 9. The van der Waals surface area contributed by atoms with Gasteiger partial charge in [-0.1, -0.05) is 158 Å². The number of hydrogen-bond acceptors (Lipinski definition) is 5. The van der Waals surface area contributed by atoms with E-state index < -0.39 is 20.0 Å². The van der Waals surface area contributed by atoms with Gasteiger partial charge in [0.25, 0.3) is 0 Å². The van der Waals surface area contributed by atoms with E-state index in [1.807, 2.05) is 33.3 Å². The molecular formula is C45H84N2O6P+. The van der Waals surface area contributed by atoms with Gasteiger partial charge < -0.3 is 19.8 Å². The van der Waals surface area contributed by atoms with Gasteiger partial charge in [0, 0.05) is 6.42 Å². The Kier molecular flexibility index (Phi) is 35.6. The Bertz CT molecular complexity index is 1060. The average molecular weight is 780 g/mol. The second-order valence-electron chi connectivity index (χ2n) is 15.7. The Labute approximate surface area is 332 Å². The topological polar surface area (TPSA) is 105 Å². The maximum atomic E-state index is 12.8. The smallest absolute Gasteiger partial charge is 0.387 e. The number of aliphatic hydroxyl groups is 1. The molecule has 3 N–H and O–H groups in total. The molecule has 8 nitrogen and oxygen atoms in total. The zero-order valence-corrected chi connectivity index (χ0v) is 36.3. The molecule has 314 valence electrons. The molecule has 0 rings (SSSR count). The molecular weight excluding hydrogens is 695 g/mol. The lowest BCUT2D eigenvalue weighted by molar-refractivity contribution is -0.870. The first kappa shape index (κ1) is 52.2. The van der Waals surface area contributed by atoms with Crippen LogP contribution >= 0.6 is 7.82 Å². The number of carbonyl (C=O) groups is 1. The van der Waals surface area contributed by atoms with Crippen molar-refractivity contribution < 1.29 is 32.9 Å². The van der Waals surface area contributed by atoms with Crippen molar-refractivity contribution in [3.63, 3.8) is 0 Å². The van der Waals surface area contributed by atoms with Crippen LogP contribution in [0, 0.1) is 0 Å². The van der Waals surface area contributed by atoms with Crippen molar-refractivity contribution >= 4 is 13.7 Å². The van der Waals surface area contributed by atoms with Gasteiger partial charge >= 0.3 is 7.82 Å². The SMILES string of the molecule is CCCCCCCC/C=C\C/C=C\CCC(=O)NC(COP(=O)(O)OCC[N+](C)(C)C)C(O)/C=C/CC/C=C/CC/C=C/CCCCCCCCCCC. The highest BCUT2D eigenvalue weighted by molar-refractivity contribution is 7.47. The summed E-state index contributed by atoms with van der Waals surface area (Å²) in [5, 5.41) is 13.7. The monoisotopic (exact) mass is 780 g/mol. The van der Waals surface area contributed by atoms with E-state index in [9.17, 15) is 19.4 Å². The molecule has 0 aliphatic carbocycles. The van der Waals surface area contributed by atoms with Crippen molar-refractivity contribution in [2.24, 2.45) is 0 Å². The highest BCUT2D eigenvalue weighted by atomic mass is 31.2. The number of carbonyl (C=O) groups excluding carboxylic acids is 1. The van der Waals surface area contributed by atoms with Gasteiger partial charge in [0.2, 0.25) is 5.91 Å². The number of phosphoric acid groups is 1. The van der Waals surface area contributed by atoms with Crippen LogP contribution in [-0.2, 0) is 18.4 Å². The second-order valence-corrected chi connectivity index (χ2v) is 17.1. The molecule has 0 aliphatic heterocycles. The summed E-state index contributed by atoms with van der Waals surface area (Å²) < 4.78 is 23.5. The zero-order chi connectivity index (χ0) is 40.0. The molecule has 0 aromatic rings. The molecule has 0 spiro atoms. The fourth-order valence-corrected chi connectivity index (χ4v) is 6.44. The maximum absolute atomic E-state index is 12.8. The van der Waals surface area contributed by atoms with E-state index >= 15 is 0 Å². The minimum Gasteiger partial charge on any atom is -0.387 e. The number of aliphatic hydroxyl groups excluding tert-OH is 1. The molecule has 0 aromatic heterocycles. The number of nitrogens with zero attached hydrogens (tertiary/aromatic N) is 1. The van der Waals surface area contributed by atoms with Crippen molar-refractivity contribution in [3.05, 3.63) is 60.8 Å². The molecule has 0 aromatic carbocycles. The van der Waals surface area contributed by atoms with Gasteiger partial charge in [-0.05, 0) is 64.2 Å². The molecule has 0 saturated carbocycles. The molecule has 3 atom stereocenters. The largest absolute Gasteiger partial charge is 0.472 e. The molecule has 9 heteroatoms. The molecule has 0 heterocycles. The summed E-state index contributed by atoms with van der Waals surface area (Å²) >= 11 is 0. The number of quaternary nitrogens is 1. The van der Waals surface area contributed by atoms with Crippen LogP contribution in [-0.4, -0.2) is 73.4 Å². The maximum Gasteiger partial charge on any atom is 0.472 e. The third kappa shape index (κ3) is 38.5. The molecule has 0 aliphatic rings. The summed E-state index contributed by atoms with van der Waals surface area (Å²) in [5.41, 5.74) is 0. The normalized spacial score (nSPS) is 15.0. The number of amides is 1. The van der Waals surface area contributed by atoms with Crippen LogP contribution in [0.2, 0.25) is 0 Å². The number of nitrogens with one attached hydrogen (secondary N) is 1. The molecule has 54 heavy (non-hydrogen) atoms. The van der Waals surface area contributed by atoms with Crippen LogP contribution < -0.4 is 5.32 Å². The van der Waals surface area contributed by atoms with Crippen molar-refractivity contribution in [1.82, 2.24) is 5.32 Å². The fraction of sp³-hybridized carbons (Fsp3) is 0.756. The third-order valence-electron chi connectivity index (χ3n) is 9.20. The lowest BCUT2D eigenvalue weighted by Gasteiger charge is -2.25. The van der Waals surface area contributed by atoms with Crippen LogP contribution in [0.4, 0.5) is 0 Å². The van der Waals surface area contributed by atoms with Gasteiger partial charge in [-0.3, -0.25) is 13.8 Å². The van der Waals surface area contributed by atoms with Crippen LogP contribution in [0.1, 0.15) is 168 Å². The highest BCUT2D eigenvalue weighted by Gasteiger charge is 2.27. The van der Waals surface area contributed by atoms with Gasteiger partial charge in [0.15, 0.2) is 0 Å². The Morgan fingerprint density at radius 1 is 0.630 bits per heavy atom. The minimum atomic E-state index is -4.36. The van der Waals surface area contributed by atoms with Gasteiger partial charge in [0.05, 0.1) is 39.9 Å². The number of hydrogen-bond donors (Lipinski definition) is 3. The quantitative estimate of drug-likeness (QED) is 0.0249. The Morgan fingerprint density at radius 2 is 1.07 bits per heavy atom. The fourth-order valence-electron chi connectivity index (χ4n) is 5.71. The van der Waals surface area contributed by atoms with Crippen LogP contribution in [0.25, 0.3) is 0 Å². The van der Waals surface area contributed by atoms with Gasteiger partial charge in [-0.2, -0.15) is 0 Å². The van der Waals surface area contributed by atoms with Crippen molar-refractivity contribution in [2.75, 3.05) is 40.9 Å². The van der Waals surface area contributed by atoms with Gasteiger partial charge in [-0.25, -0.2) is 4.57 Å². The van der Waals surface area contributed by atoms with Crippen molar-refractivity contribution in [3.8, 4) is 0 Å². The second kappa shape index (κ2) is 36.8. The summed E-state index contributed by atoms with van der Waals surface area (Å²) in [6.45, 7) is 4.71. The molecule has 0 radical (unpaired) electrons. The Morgan fingerprint density at radius 3 is 1.59 bits per heavy atom. The molecule has 0 fully saturated rings. The predicted octanol–water partition coefficient (Wildman–Crippen LogP) is 11.9. The Balaban J connectivity index is 4.61. The van der Waals surface area contributed by atoms with Gasteiger partial charge in [-0.15, -0.1) is 0 Å². The first-order valence-electron chi connectivity index (χ1n) is 21.7. The van der Waals surface area contributed by atoms with Crippen molar-refractivity contribution in [2.45, 2.75) is 180 Å². The lowest BCUT2D eigenvalue weighted by Crippen LogP contribution is -2.45. The first-order chi connectivity index (χ1) is 26.0. The lowest BCUT2D eigenvalue weighted by atomic mass is 10.1. The van der Waals surface area contributed by atoms with Crippen LogP contribution in [0.3, 0.4) is 0 Å². The number of likely N-dealkylation sites (N-methyl/N-ethyl adjacent to an activating group) is 1. The van der Waals surface area contributed by atoms with Crippen LogP contribution in [0.15, 0.2) is 60.8 Å². The molecule has 3 unspecified atom stereocenters. The van der Waals surface area contributed by atoms with E-state index in [-0.39, 0.29) is 25.5 Å². The van der Waals surface area contributed by atoms with E-state index in [2.05, 4.69) is 61.7 Å². The van der Waals surface area contributed by atoms with E-state index in [1.165, 1.54) is 103 Å². The van der Waals surface area contributed by atoms with E-state index in [0.29, 0.717) is 17.4 Å². The van der Waals surface area contributed by atoms with Crippen molar-refractivity contribution in [1.29, 1.82) is 0 Å². The standard InChI is InChI=1S/C45H83N2O6P/c1-6-8-10-12-14-16-18-20-21-22-23-24-25-27-28-30-32-34-36-38-44(48)43(42-53-54(50,51)52-41-40-47(3,4)5)46-45(49)39-37-35-33-31-29-26-19-17-15-13-11-9-7-2/h23-24,26,28-30,33,35-36,38,43-44,48H,6-22,25,27,31-32,34,37,39-42H2,1-5H3,(H-,46,49,50,51)/p+1/b24-23+,29-26-,30-28+,35-33-,38-36+. The van der Waals surface area contributed by atoms with E-state index in [1.54, 1.807) is 6.08 Å². The number of phosphoric ester groups is 1. The molecule has 1 amide bonds. The summed E-state index contributed by atoms with van der Waals surface area (Å²) in [7, 11) is 1.51. The predicted molar refractivity (Wildman–Crippen MR) is 230 cm³/mol. The minimum absolute atomic E-state index is 0.0422. The first-order valence-corrected chi connectivity index (χ1v) is 23.2. The van der Waals surface area contributed by atoms with Gasteiger partial charge in [0.1, 0.15) is 13.2 Å². The number of unbranched alkanes of at least 4 members (excludes halogenated alkanes) is 17. The summed E-state index contributed by atoms with van der Waals surface area (Å²) in [6.07, 6.45) is 47.4. The summed E-state index contributed by atoms with van der Waals surface area (Å²) in [4.78, 5) is 23.0. The average Bonchev–Trinajstić information content (AvgIpc) is 3.12. The Hall–Kier alpha value is -1.80. The zero-order valence-electron chi connectivity index (χ0n) is 35.4. The molecule has 0 saturated heterocycles. The highest BCUT2D eigenvalue weighted by Crippen LogP contribution is 2.43. The number of rotatable bonds is 38.